The average molecular weight is 264 g/mol. The Balaban J connectivity index is 2.03. The number of carbonyl (C=O) groups is 1. The highest BCUT2D eigenvalue weighted by Crippen LogP contribution is 2.18. The molecule has 1 saturated heterocycles. The van der Waals surface area contributed by atoms with Crippen molar-refractivity contribution in [3.8, 4) is 0 Å². The van der Waals surface area contributed by atoms with E-state index in [4.69, 9.17) is 10.5 Å². The van der Waals surface area contributed by atoms with Crippen LogP contribution in [0.25, 0.3) is 0 Å². The number of hydrogen-bond donors (Lipinski definition) is 2. The molecule has 1 heterocycles. The van der Waals surface area contributed by atoms with E-state index in [1.54, 1.807) is 0 Å². The zero-order valence-electron chi connectivity index (χ0n) is 10.9. The highest BCUT2D eigenvalue weighted by molar-refractivity contribution is 5.76. The Kier molecular flexibility index (Phi) is 4.90. The third-order valence-electron chi connectivity index (χ3n) is 3.43. The molecule has 5 heteroatoms. The molecule has 5 nitrogen and oxygen atoms in total. The van der Waals surface area contributed by atoms with Crippen LogP contribution in [0, 0.1) is 0 Å². The first-order valence-electron chi connectivity index (χ1n) is 6.52. The van der Waals surface area contributed by atoms with Gasteiger partial charge in [0.15, 0.2) is 0 Å². The number of benzene rings is 1. The smallest absolute Gasteiger partial charge is 0.312 e. The summed E-state index contributed by atoms with van der Waals surface area (Å²) in [7, 11) is 0. The zero-order valence-corrected chi connectivity index (χ0v) is 10.9. The van der Waals surface area contributed by atoms with Crippen molar-refractivity contribution in [2.24, 2.45) is 5.73 Å². The molecule has 0 bridgehead atoms. The van der Waals surface area contributed by atoms with Gasteiger partial charge in [0.2, 0.25) is 0 Å². The number of nitrogens with two attached hydrogens (primary N) is 1. The van der Waals surface area contributed by atoms with E-state index < -0.39 is 11.9 Å². The summed E-state index contributed by atoms with van der Waals surface area (Å²) in [5.74, 6) is -1.29. The molecule has 0 saturated carbocycles. The van der Waals surface area contributed by atoms with Gasteiger partial charge in [-0.2, -0.15) is 0 Å². The van der Waals surface area contributed by atoms with Gasteiger partial charge in [0.25, 0.3) is 0 Å². The molecule has 1 aromatic rings. The first-order chi connectivity index (χ1) is 9.20. The summed E-state index contributed by atoms with van der Waals surface area (Å²) in [6, 6.07) is 9.35. The summed E-state index contributed by atoms with van der Waals surface area (Å²) < 4.78 is 5.49. The molecule has 0 amide bonds. The molecule has 1 aromatic carbocycles. The maximum Gasteiger partial charge on any atom is 0.312 e. The molecular weight excluding hydrogens is 244 g/mol. The third-order valence-corrected chi connectivity index (χ3v) is 3.43. The van der Waals surface area contributed by atoms with Crippen LogP contribution in [0.4, 0.5) is 0 Å². The van der Waals surface area contributed by atoms with E-state index in [0.717, 1.165) is 12.1 Å². The summed E-state index contributed by atoms with van der Waals surface area (Å²) >= 11 is 0. The van der Waals surface area contributed by atoms with Gasteiger partial charge in [-0.25, -0.2) is 0 Å². The van der Waals surface area contributed by atoms with Crippen LogP contribution >= 0.6 is 0 Å². The van der Waals surface area contributed by atoms with Gasteiger partial charge in [0, 0.05) is 26.2 Å². The highest BCUT2D eigenvalue weighted by atomic mass is 16.5. The van der Waals surface area contributed by atoms with Crippen molar-refractivity contribution in [3.63, 3.8) is 0 Å². The van der Waals surface area contributed by atoms with E-state index in [9.17, 15) is 9.90 Å². The molecule has 0 spiro atoms. The van der Waals surface area contributed by atoms with Crippen LogP contribution in [-0.2, 0) is 9.53 Å². The Hall–Kier alpha value is -1.43. The lowest BCUT2D eigenvalue weighted by Gasteiger charge is -2.33. The summed E-state index contributed by atoms with van der Waals surface area (Å²) in [4.78, 5) is 13.6. The molecule has 1 fully saturated rings. The average Bonchev–Trinajstić information content (AvgIpc) is 2.45. The van der Waals surface area contributed by atoms with E-state index >= 15 is 0 Å². The molecule has 3 N–H and O–H groups in total. The molecular formula is C14H20N2O3. The Morgan fingerprint density at radius 2 is 2.21 bits per heavy atom. The maximum absolute atomic E-state index is 11.4. The molecule has 2 atom stereocenters. The van der Waals surface area contributed by atoms with Gasteiger partial charge < -0.3 is 15.6 Å². The van der Waals surface area contributed by atoms with Crippen molar-refractivity contribution in [1.29, 1.82) is 0 Å². The maximum atomic E-state index is 11.4. The van der Waals surface area contributed by atoms with Crippen molar-refractivity contribution in [2.75, 3.05) is 32.8 Å². The first kappa shape index (κ1) is 14.0. The predicted molar refractivity (Wildman–Crippen MR) is 72.1 cm³/mol. The minimum atomic E-state index is -0.790. The van der Waals surface area contributed by atoms with Crippen LogP contribution < -0.4 is 5.73 Å². The minimum Gasteiger partial charge on any atom is -0.481 e. The number of morpholine rings is 1. The van der Waals surface area contributed by atoms with Gasteiger partial charge in [-0.15, -0.1) is 0 Å². The van der Waals surface area contributed by atoms with Crippen LogP contribution in [0.5, 0.6) is 0 Å². The van der Waals surface area contributed by atoms with Crippen molar-refractivity contribution in [2.45, 2.75) is 12.0 Å². The van der Waals surface area contributed by atoms with Gasteiger partial charge in [0.1, 0.15) is 0 Å². The van der Waals surface area contributed by atoms with Crippen LogP contribution in [0.3, 0.4) is 0 Å². The molecule has 0 radical (unpaired) electrons. The lowest BCUT2D eigenvalue weighted by atomic mass is 9.98. The summed E-state index contributed by atoms with van der Waals surface area (Å²) in [6.45, 7) is 3.04. The lowest BCUT2D eigenvalue weighted by Crippen LogP contribution is -2.47. The largest absolute Gasteiger partial charge is 0.481 e. The SMILES string of the molecule is NCC1CN(CC(C(=O)O)c2ccccc2)CCO1. The molecule has 2 unspecified atom stereocenters. The standard InChI is InChI=1S/C14H20N2O3/c15-8-12-9-16(6-7-19-12)10-13(14(17)18)11-4-2-1-3-5-11/h1-5,12-13H,6-10,15H2,(H,17,18). The first-order valence-corrected chi connectivity index (χ1v) is 6.52. The van der Waals surface area contributed by atoms with Crippen LogP contribution in [0.1, 0.15) is 11.5 Å². The lowest BCUT2D eigenvalue weighted by molar-refractivity contribution is -0.139. The van der Waals surface area contributed by atoms with Gasteiger partial charge in [-0.05, 0) is 5.56 Å². The Bertz CT molecular complexity index is 410. The van der Waals surface area contributed by atoms with Crippen molar-refractivity contribution < 1.29 is 14.6 Å². The number of ether oxygens (including phenoxy) is 1. The Labute approximate surface area is 113 Å². The summed E-state index contributed by atoms with van der Waals surface area (Å²) in [5.41, 5.74) is 6.44. The normalized spacial score (nSPS) is 22.1. The van der Waals surface area contributed by atoms with Crippen molar-refractivity contribution in [1.82, 2.24) is 4.90 Å². The number of hydrogen-bond acceptors (Lipinski definition) is 4. The Morgan fingerprint density at radius 3 is 2.84 bits per heavy atom. The fraction of sp³-hybridized carbons (Fsp3) is 0.500. The number of aliphatic carboxylic acids is 1. The fourth-order valence-electron chi connectivity index (χ4n) is 2.36. The van der Waals surface area contributed by atoms with E-state index in [-0.39, 0.29) is 6.10 Å². The van der Waals surface area contributed by atoms with Crippen LogP contribution in [-0.4, -0.2) is 54.9 Å². The van der Waals surface area contributed by atoms with Gasteiger partial charge in [-0.3, -0.25) is 9.69 Å². The molecule has 1 aliphatic heterocycles. The molecule has 19 heavy (non-hydrogen) atoms. The highest BCUT2D eigenvalue weighted by Gasteiger charge is 2.26. The van der Waals surface area contributed by atoms with Gasteiger partial charge in [-0.1, -0.05) is 30.3 Å². The second-order valence-electron chi connectivity index (χ2n) is 4.79. The van der Waals surface area contributed by atoms with E-state index in [1.807, 2.05) is 30.3 Å². The summed E-state index contributed by atoms with van der Waals surface area (Å²) in [5, 5.41) is 9.40. The minimum absolute atomic E-state index is 0.0129. The second kappa shape index (κ2) is 6.65. The quantitative estimate of drug-likeness (QED) is 0.810. The second-order valence-corrected chi connectivity index (χ2v) is 4.79. The zero-order chi connectivity index (χ0) is 13.7. The number of nitrogens with zero attached hydrogens (tertiary/aromatic N) is 1. The molecule has 2 rings (SSSR count). The van der Waals surface area contributed by atoms with Crippen LogP contribution in [0.2, 0.25) is 0 Å². The van der Waals surface area contributed by atoms with Crippen molar-refractivity contribution >= 4 is 5.97 Å². The van der Waals surface area contributed by atoms with Crippen LogP contribution in [0.15, 0.2) is 30.3 Å². The van der Waals surface area contributed by atoms with Gasteiger partial charge in [0.05, 0.1) is 18.6 Å². The fourth-order valence-corrected chi connectivity index (χ4v) is 2.36. The van der Waals surface area contributed by atoms with Crippen molar-refractivity contribution in [3.05, 3.63) is 35.9 Å². The monoisotopic (exact) mass is 264 g/mol. The third kappa shape index (κ3) is 3.76. The van der Waals surface area contributed by atoms with E-state index in [1.165, 1.54) is 0 Å². The predicted octanol–water partition coefficient (Wildman–Crippen LogP) is 0.514. The van der Waals surface area contributed by atoms with E-state index in [0.29, 0.717) is 26.2 Å². The number of carboxylic acids is 1. The Morgan fingerprint density at radius 1 is 1.47 bits per heavy atom. The molecule has 0 aromatic heterocycles. The van der Waals surface area contributed by atoms with Gasteiger partial charge >= 0.3 is 5.97 Å². The number of rotatable bonds is 5. The number of carboxylic acid groups (broad SMARTS) is 1. The van der Waals surface area contributed by atoms with E-state index in [2.05, 4.69) is 4.90 Å². The molecule has 1 aliphatic rings. The topological polar surface area (TPSA) is 75.8 Å². The molecule has 0 aliphatic carbocycles. The summed E-state index contributed by atoms with van der Waals surface area (Å²) in [6.07, 6.45) is 0.0129. The molecule has 104 valence electrons.